The smallest absolute Gasteiger partial charge is 0.116 e. The highest BCUT2D eigenvalue weighted by Crippen LogP contribution is 2.24. The number of aromatic hydroxyl groups is 1. The van der Waals surface area contributed by atoms with Crippen molar-refractivity contribution >= 4 is 23.2 Å². The molecule has 2 aromatic carbocycles. The zero-order chi connectivity index (χ0) is 11.5. The molecule has 0 aromatic heterocycles. The van der Waals surface area contributed by atoms with Crippen molar-refractivity contribution in [3.8, 4) is 5.75 Å². The van der Waals surface area contributed by atoms with E-state index in [9.17, 15) is 5.11 Å². The molecule has 2 rings (SSSR count). The molecule has 0 aliphatic heterocycles. The van der Waals surface area contributed by atoms with Crippen molar-refractivity contribution in [3.05, 3.63) is 54.6 Å². The fourth-order valence-electron chi connectivity index (χ4n) is 1.80. The average molecular weight is 250 g/mol. The maximum absolute atomic E-state index is 9.36. The molecule has 0 aliphatic carbocycles. The monoisotopic (exact) mass is 249 g/mol. The molecule has 0 amide bonds. The van der Waals surface area contributed by atoms with Crippen LogP contribution in [0, 0.1) is 0 Å². The van der Waals surface area contributed by atoms with Gasteiger partial charge in [0.1, 0.15) is 5.75 Å². The molecule has 3 N–H and O–H groups in total. The zero-order valence-corrected chi connectivity index (χ0v) is 10.3. The second-order valence-corrected chi connectivity index (χ2v) is 3.92. The van der Waals surface area contributed by atoms with Gasteiger partial charge in [0.05, 0.1) is 0 Å². The van der Waals surface area contributed by atoms with Gasteiger partial charge in [0.2, 0.25) is 0 Å². The van der Waals surface area contributed by atoms with Gasteiger partial charge in [-0.3, -0.25) is 0 Å². The van der Waals surface area contributed by atoms with Gasteiger partial charge in [0.15, 0.2) is 0 Å². The summed E-state index contributed by atoms with van der Waals surface area (Å²) in [5, 5.41) is 11.5. The van der Waals surface area contributed by atoms with Crippen molar-refractivity contribution in [2.45, 2.75) is 12.5 Å². The zero-order valence-electron chi connectivity index (χ0n) is 9.47. The second-order valence-electron chi connectivity index (χ2n) is 3.92. The van der Waals surface area contributed by atoms with Crippen LogP contribution in [0.3, 0.4) is 0 Å². The fraction of sp³-hybridized carbons (Fsp3) is 0.143. The number of phenols is 1. The Morgan fingerprint density at radius 1 is 1.18 bits per heavy atom. The highest BCUT2D eigenvalue weighted by Gasteiger charge is 2.04. The molecule has 0 spiro atoms. The van der Waals surface area contributed by atoms with Crippen molar-refractivity contribution in [1.29, 1.82) is 0 Å². The Kier molecular flexibility index (Phi) is 4.55. The summed E-state index contributed by atoms with van der Waals surface area (Å²) in [6.07, 6.45) is 2.59. The van der Waals surface area contributed by atoms with Crippen LogP contribution in [-0.2, 0) is 0 Å². The van der Waals surface area contributed by atoms with Gasteiger partial charge in [-0.25, -0.2) is 0 Å². The number of hydrogen-bond donors (Lipinski definition) is 2. The van der Waals surface area contributed by atoms with Crippen molar-refractivity contribution in [2.24, 2.45) is 5.73 Å². The van der Waals surface area contributed by atoms with Crippen molar-refractivity contribution in [2.75, 3.05) is 0 Å². The van der Waals surface area contributed by atoms with Crippen LogP contribution in [0.2, 0.25) is 0 Å². The van der Waals surface area contributed by atoms with Crippen LogP contribution >= 0.6 is 12.4 Å². The summed E-state index contributed by atoms with van der Waals surface area (Å²) < 4.78 is 0. The minimum atomic E-state index is -0.00398. The maximum Gasteiger partial charge on any atom is 0.116 e. The second kappa shape index (κ2) is 5.71. The SMILES string of the molecule is C=CC[C@@H](N)c1ccc2cc(O)ccc2c1.Cl. The normalized spacial score (nSPS) is 11.8. The third-order valence-electron chi connectivity index (χ3n) is 2.70. The van der Waals surface area contributed by atoms with Crippen LogP contribution in [-0.4, -0.2) is 5.11 Å². The number of benzene rings is 2. The molecular weight excluding hydrogens is 234 g/mol. The summed E-state index contributed by atoms with van der Waals surface area (Å²) in [6, 6.07) is 11.4. The van der Waals surface area contributed by atoms with E-state index >= 15 is 0 Å². The van der Waals surface area contributed by atoms with Crippen molar-refractivity contribution in [1.82, 2.24) is 0 Å². The van der Waals surface area contributed by atoms with E-state index in [0.29, 0.717) is 0 Å². The number of fused-ring (bicyclic) bond motifs is 1. The largest absolute Gasteiger partial charge is 0.508 e. The molecule has 17 heavy (non-hydrogen) atoms. The first-order valence-corrected chi connectivity index (χ1v) is 5.30. The summed E-state index contributed by atoms with van der Waals surface area (Å²) in [5.41, 5.74) is 7.10. The molecule has 2 nitrogen and oxygen atoms in total. The molecule has 90 valence electrons. The van der Waals surface area contributed by atoms with Gasteiger partial charge < -0.3 is 10.8 Å². The summed E-state index contributed by atoms with van der Waals surface area (Å²) in [5.74, 6) is 0.288. The molecule has 0 fully saturated rings. The quantitative estimate of drug-likeness (QED) is 0.818. The van der Waals surface area contributed by atoms with Crippen LogP contribution in [0.4, 0.5) is 0 Å². The van der Waals surface area contributed by atoms with E-state index in [1.165, 1.54) is 0 Å². The summed E-state index contributed by atoms with van der Waals surface area (Å²) in [6.45, 7) is 3.69. The maximum atomic E-state index is 9.36. The molecule has 0 saturated carbocycles. The lowest BCUT2D eigenvalue weighted by Crippen LogP contribution is -2.08. The van der Waals surface area contributed by atoms with Gasteiger partial charge in [-0.05, 0) is 41.0 Å². The molecule has 2 aromatic rings. The van der Waals surface area contributed by atoms with Crippen LogP contribution in [0.1, 0.15) is 18.0 Å². The molecule has 0 aliphatic rings. The Bertz CT molecular complexity index is 525. The lowest BCUT2D eigenvalue weighted by molar-refractivity contribution is 0.476. The van der Waals surface area contributed by atoms with Crippen LogP contribution in [0.15, 0.2) is 49.1 Å². The first-order chi connectivity index (χ1) is 7.70. The predicted octanol–water partition coefficient (Wildman–Crippen LogP) is 3.54. The van der Waals surface area contributed by atoms with Gasteiger partial charge >= 0.3 is 0 Å². The summed E-state index contributed by atoms with van der Waals surface area (Å²) in [7, 11) is 0. The third kappa shape index (κ3) is 2.99. The fourth-order valence-corrected chi connectivity index (χ4v) is 1.80. The molecule has 0 saturated heterocycles. The van der Waals surface area contributed by atoms with Gasteiger partial charge in [-0.1, -0.05) is 24.3 Å². The van der Waals surface area contributed by atoms with Crippen molar-refractivity contribution < 1.29 is 5.11 Å². The molecule has 1 atom stereocenters. The Labute approximate surface area is 107 Å². The van der Waals surface area contributed by atoms with E-state index in [1.54, 1.807) is 12.1 Å². The van der Waals surface area contributed by atoms with E-state index in [2.05, 4.69) is 12.6 Å². The molecule has 0 unspecified atom stereocenters. The summed E-state index contributed by atoms with van der Waals surface area (Å²) >= 11 is 0. The summed E-state index contributed by atoms with van der Waals surface area (Å²) in [4.78, 5) is 0. The number of halogens is 1. The molecule has 0 heterocycles. The Morgan fingerprint density at radius 2 is 1.82 bits per heavy atom. The minimum Gasteiger partial charge on any atom is -0.508 e. The molecule has 0 bridgehead atoms. The molecular formula is C14H16ClNO. The number of nitrogens with two attached hydrogens (primary N) is 1. The number of rotatable bonds is 3. The number of hydrogen-bond acceptors (Lipinski definition) is 2. The Hall–Kier alpha value is -1.51. The van der Waals surface area contributed by atoms with E-state index in [4.69, 9.17) is 5.73 Å². The van der Waals surface area contributed by atoms with E-state index in [-0.39, 0.29) is 24.2 Å². The van der Waals surface area contributed by atoms with Crippen LogP contribution < -0.4 is 5.73 Å². The highest BCUT2D eigenvalue weighted by atomic mass is 35.5. The third-order valence-corrected chi connectivity index (χ3v) is 2.70. The molecule has 3 heteroatoms. The highest BCUT2D eigenvalue weighted by molar-refractivity contribution is 5.85. The van der Waals surface area contributed by atoms with Gasteiger partial charge in [0, 0.05) is 6.04 Å². The Balaban J connectivity index is 0.00000144. The lowest BCUT2D eigenvalue weighted by atomic mass is 10.0. The standard InChI is InChI=1S/C14H15NO.ClH/c1-2-3-14(15)12-5-4-11-9-13(16)7-6-10(11)8-12;/h2,4-9,14,16H,1,3,15H2;1H/t14-;/m1./s1. The Morgan fingerprint density at radius 3 is 2.53 bits per heavy atom. The van der Waals surface area contributed by atoms with Crippen LogP contribution in [0.25, 0.3) is 10.8 Å². The van der Waals surface area contributed by atoms with Crippen molar-refractivity contribution in [3.63, 3.8) is 0 Å². The van der Waals surface area contributed by atoms with Gasteiger partial charge in [-0.2, -0.15) is 0 Å². The van der Waals surface area contributed by atoms with E-state index < -0.39 is 0 Å². The van der Waals surface area contributed by atoms with Gasteiger partial charge in [-0.15, -0.1) is 19.0 Å². The van der Waals surface area contributed by atoms with E-state index in [1.807, 2.05) is 24.3 Å². The first-order valence-electron chi connectivity index (χ1n) is 5.30. The minimum absolute atomic E-state index is 0. The predicted molar refractivity (Wildman–Crippen MR) is 74.6 cm³/mol. The van der Waals surface area contributed by atoms with Gasteiger partial charge in [0.25, 0.3) is 0 Å². The topological polar surface area (TPSA) is 46.2 Å². The average Bonchev–Trinajstić information content (AvgIpc) is 2.28. The molecule has 0 radical (unpaired) electrons. The number of phenolic OH excluding ortho intramolecular Hbond substituents is 1. The van der Waals surface area contributed by atoms with E-state index in [0.717, 1.165) is 22.8 Å². The van der Waals surface area contributed by atoms with Crippen LogP contribution in [0.5, 0.6) is 5.75 Å². The lowest BCUT2D eigenvalue weighted by Gasteiger charge is -2.10. The first kappa shape index (κ1) is 13.6.